The van der Waals surface area contributed by atoms with Crippen molar-refractivity contribution >= 4 is 10.9 Å². The van der Waals surface area contributed by atoms with E-state index >= 15 is 0 Å². The summed E-state index contributed by atoms with van der Waals surface area (Å²) in [5, 5.41) is 14.1. The normalized spacial score (nSPS) is 23.0. The molecule has 100 valence electrons. The summed E-state index contributed by atoms with van der Waals surface area (Å²) in [6.45, 7) is 1.78. The van der Waals surface area contributed by atoms with E-state index in [0.717, 1.165) is 43.6 Å². The molecule has 1 heterocycles. The molecule has 1 aromatic carbocycles. The Morgan fingerprint density at radius 1 is 1.16 bits per heavy atom. The van der Waals surface area contributed by atoms with E-state index in [4.69, 9.17) is 0 Å². The third-order valence-corrected chi connectivity index (χ3v) is 3.91. The summed E-state index contributed by atoms with van der Waals surface area (Å²) in [7, 11) is 0. The summed E-state index contributed by atoms with van der Waals surface area (Å²) in [5.74, 6) is 0.621. The highest BCUT2D eigenvalue weighted by atomic mass is 16.3. The van der Waals surface area contributed by atoms with Crippen LogP contribution in [0.3, 0.4) is 0 Å². The number of para-hydroxylation sites is 1. The summed E-state index contributed by atoms with van der Waals surface area (Å²) >= 11 is 0. The van der Waals surface area contributed by atoms with Crippen molar-refractivity contribution in [2.75, 3.05) is 6.54 Å². The van der Waals surface area contributed by atoms with E-state index in [1.54, 1.807) is 0 Å². The monoisotopic (exact) mass is 256 g/mol. The maximum absolute atomic E-state index is 9.49. The highest BCUT2D eigenvalue weighted by Crippen LogP contribution is 2.24. The van der Waals surface area contributed by atoms with Crippen molar-refractivity contribution in [3.63, 3.8) is 0 Å². The van der Waals surface area contributed by atoms with Gasteiger partial charge in [0.15, 0.2) is 0 Å². The Morgan fingerprint density at radius 3 is 2.89 bits per heavy atom. The van der Waals surface area contributed by atoms with E-state index in [9.17, 15) is 5.11 Å². The van der Waals surface area contributed by atoms with Gasteiger partial charge in [0.05, 0.1) is 17.3 Å². The summed E-state index contributed by atoms with van der Waals surface area (Å²) in [6, 6.07) is 12.4. The predicted octanol–water partition coefficient (Wildman–Crippen LogP) is 2.49. The fourth-order valence-corrected chi connectivity index (χ4v) is 2.85. The van der Waals surface area contributed by atoms with Crippen LogP contribution in [0.1, 0.15) is 25.0 Å². The first-order chi connectivity index (χ1) is 9.31. The number of hydrogen-bond donors (Lipinski definition) is 2. The zero-order chi connectivity index (χ0) is 13.1. The summed E-state index contributed by atoms with van der Waals surface area (Å²) < 4.78 is 0. The molecule has 19 heavy (non-hydrogen) atoms. The van der Waals surface area contributed by atoms with Gasteiger partial charge in [-0.1, -0.05) is 24.3 Å². The molecular formula is C16H20N2O. The molecule has 2 aromatic rings. The maximum atomic E-state index is 9.49. The van der Waals surface area contributed by atoms with Crippen LogP contribution in [0.4, 0.5) is 0 Å². The van der Waals surface area contributed by atoms with E-state index in [0.29, 0.717) is 5.92 Å². The summed E-state index contributed by atoms with van der Waals surface area (Å²) in [5.41, 5.74) is 2.13. The summed E-state index contributed by atoms with van der Waals surface area (Å²) in [4.78, 5) is 4.64. The zero-order valence-electron chi connectivity index (χ0n) is 11.0. The second-order valence-corrected chi connectivity index (χ2v) is 5.46. The highest BCUT2D eigenvalue weighted by molar-refractivity contribution is 5.78. The van der Waals surface area contributed by atoms with Crippen LogP contribution in [0.15, 0.2) is 36.4 Å². The largest absolute Gasteiger partial charge is 0.393 e. The van der Waals surface area contributed by atoms with Gasteiger partial charge in [-0.3, -0.25) is 4.98 Å². The van der Waals surface area contributed by atoms with Crippen molar-refractivity contribution in [2.24, 2.45) is 5.92 Å². The molecular weight excluding hydrogens is 236 g/mol. The molecule has 0 aliphatic heterocycles. The Hall–Kier alpha value is -1.45. The smallest absolute Gasteiger partial charge is 0.0705 e. The molecule has 0 saturated heterocycles. The number of benzene rings is 1. The van der Waals surface area contributed by atoms with Crippen molar-refractivity contribution in [3.8, 4) is 0 Å². The molecule has 1 saturated carbocycles. The number of hydrogen-bond acceptors (Lipinski definition) is 3. The van der Waals surface area contributed by atoms with Crippen LogP contribution in [-0.2, 0) is 6.54 Å². The number of aliphatic hydroxyl groups is 1. The van der Waals surface area contributed by atoms with E-state index in [1.807, 2.05) is 18.2 Å². The second kappa shape index (κ2) is 5.68. The van der Waals surface area contributed by atoms with Gasteiger partial charge in [0.1, 0.15) is 0 Å². The number of aliphatic hydroxyl groups excluding tert-OH is 1. The standard InChI is InChI=1S/C16H20N2O/c19-15-8-5-12(9-15)10-17-11-14-7-6-13-3-1-2-4-16(13)18-14/h1-4,6-7,12,15,17,19H,5,8-11H2. The first-order valence-electron chi connectivity index (χ1n) is 7.05. The van der Waals surface area contributed by atoms with Gasteiger partial charge in [-0.25, -0.2) is 0 Å². The van der Waals surface area contributed by atoms with Crippen molar-refractivity contribution in [1.82, 2.24) is 10.3 Å². The lowest BCUT2D eigenvalue weighted by molar-refractivity contribution is 0.177. The van der Waals surface area contributed by atoms with E-state index < -0.39 is 0 Å². The van der Waals surface area contributed by atoms with Gasteiger partial charge in [-0.05, 0) is 43.9 Å². The van der Waals surface area contributed by atoms with Crippen molar-refractivity contribution < 1.29 is 5.11 Å². The fraction of sp³-hybridized carbons (Fsp3) is 0.438. The third kappa shape index (κ3) is 3.11. The molecule has 2 atom stereocenters. The van der Waals surface area contributed by atoms with E-state index in [-0.39, 0.29) is 6.10 Å². The Morgan fingerprint density at radius 2 is 2.05 bits per heavy atom. The van der Waals surface area contributed by atoms with Gasteiger partial charge in [0.2, 0.25) is 0 Å². The van der Waals surface area contributed by atoms with Crippen molar-refractivity contribution in [2.45, 2.75) is 31.9 Å². The molecule has 2 N–H and O–H groups in total. The minimum atomic E-state index is -0.0782. The van der Waals surface area contributed by atoms with Crippen LogP contribution < -0.4 is 5.32 Å². The van der Waals surface area contributed by atoms with Crippen LogP contribution in [-0.4, -0.2) is 22.7 Å². The van der Waals surface area contributed by atoms with Gasteiger partial charge >= 0.3 is 0 Å². The van der Waals surface area contributed by atoms with Gasteiger partial charge < -0.3 is 10.4 Å². The summed E-state index contributed by atoms with van der Waals surface area (Å²) in [6.07, 6.45) is 2.96. The number of pyridine rings is 1. The second-order valence-electron chi connectivity index (χ2n) is 5.46. The first kappa shape index (κ1) is 12.6. The average Bonchev–Trinajstić information content (AvgIpc) is 2.84. The Kier molecular flexibility index (Phi) is 3.76. The Balaban J connectivity index is 1.56. The number of aromatic nitrogens is 1. The molecule has 1 aliphatic rings. The van der Waals surface area contributed by atoms with Crippen LogP contribution in [0.25, 0.3) is 10.9 Å². The molecule has 3 rings (SSSR count). The molecule has 3 heteroatoms. The van der Waals surface area contributed by atoms with Crippen LogP contribution in [0.2, 0.25) is 0 Å². The number of rotatable bonds is 4. The topological polar surface area (TPSA) is 45.1 Å². The van der Waals surface area contributed by atoms with E-state index in [1.165, 1.54) is 5.39 Å². The third-order valence-electron chi connectivity index (χ3n) is 3.91. The average molecular weight is 256 g/mol. The molecule has 0 bridgehead atoms. The van der Waals surface area contributed by atoms with Gasteiger partial charge in [0, 0.05) is 11.9 Å². The number of nitrogens with zero attached hydrogens (tertiary/aromatic N) is 1. The van der Waals surface area contributed by atoms with Crippen LogP contribution in [0, 0.1) is 5.92 Å². The molecule has 1 aromatic heterocycles. The quantitative estimate of drug-likeness (QED) is 0.883. The Labute approximate surface area is 113 Å². The maximum Gasteiger partial charge on any atom is 0.0705 e. The minimum absolute atomic E-state index is 0.0782. The molecule has 3 nitrogen and oxygen atoms in total. The van der Waals surface area contributed by atoms with Gasteiger partial charge in [-0.15, -0.1) is 0 Å². The predicted molar refractivity (Wildman–Crippen MR) is 76.8 cm³/mol. The molecule has 1 fully saturated rings. The van der Waals surface area contributed by atoms with Crippen molar-refractivity contribution in [1.29, 1.82) is 0 Å². The zero-order valence-corrected chi connectivity index (χ0v) is 11.0. The van der Waals surface area contributed by atoms with Gasteiger partial charge in [0.25, 0.3) is 0 Å². The van der Waals surface area contributed by atoms with Gasteiger partial charge in [-0.2, -0.15) is 0 Å². The first-order valence-corrected chi connectivity index (χ1v) is 7.05. The van der Waals surface area contributed by atoms with Crippen LogP contribution in [0.5, 0.6) is 0 Å². The minimum Gasteiger partial charge on any atom is -0.393 e. The number of nitrogens with one attached hydrogen (secondary N) is 1. The molecule has 1 aliphatic carbocycles. The van der Waals surface area contributed by atoms with E-state index in [2.05, 4.69) is 28.5 Å². The lowest BCUT2D eigenvalue weighted by Crippen LogP contribution is -2.21. The molecule has 2 unspecified atom stereocenters. The SMILES string of the molecule is OC1CCC(CNCc2ccc3ccccc3n2)C1. The number of fused-ring (bicyclic) bond motifs is 1. The lowest BCUT2D eigenvalue weighted by Gasteiger charge is -2.10. The lowest BCUT2D eigenvalue weighted by atomic mass is 10.1. The molecule has 0 spiro atoms. The Bertz CT molecular complexity index is 555. The highest BCUT2D eigenvalue weighted by Gasteiger charge is 2.21. The van der Waals surface area contributed by atoms with Crippen molar-refractivity contribution in [3.05, 3.63) is 42.1 Å². The molecule has 0 amide bonds. The fourth-order valence-electron chi connectivity index (χ4n) is 2.85. The van der Waals surface area contributed by atoms with Crippen LogP contribution >= 0.6 is 0 Å². The molecule has 0 radical (unpaired) electrons.